The van der Waals surface area contributed by atoms with Gasteiger partial charge < -0.3 is 9.72 Å². The third-order valence-corrected chi connectivity index (χ3v) is 13.0. The van der Waals surface area contributed by atoms with E-state index in [0.717, 1.165) is 31.3 Å². The molecule has 1 saturated heterocycles. The molecule has 0 radical (unpaired) electrons. The molecule has 4 aliphatic rings. The number of ether oxygens (including phenoxy) is 1. The average Bonchev–Trinajstić information content (AvgIpc) is 3.76. The van der Waals surface area contributed by atoms with Gasteiger partial charge in [0.1, 0.15) is 12.4 Å². The van der Waals surface area contributed by atoms with Crippen LogP contribution in [0.5, 0.6) is 5.75 Å². The number of nitro benzene ring substituents is 1. The van der Waals surface area contributed by atoms with Gasteiger partial charge in [0.05, 0.1) is 27.5 Å². The first-order valence-electron chi connectivity index (χ1n) is 14.4. The van der Waals surface area contributed by atoms with Crippen molar-refractivity contribution in [1.29, 1.82) is 0 Å². The van der Waals surface area contributed by atoms with Crippen LogP contribution in [0.4, 0.5) is 11.4 Å². The number of imide groups is 1. The van der Waals surface area contributed by atoms with Gasteiger partial charge in [-0.15, -0.1) is 11.8 Å². The maximum Gasteiger partial charge on any atom is 0.305 e. The van der Waals surface area contributed by atoms with Crippen molar-refractivity contribution in [2.45, 2.75) is 29.2 Å². The van der Waals surface area contributed by atoms with E-state index in [1.807, 2.05) is 24.3 Å². The minimum Gasteiger partial charge on any atom is -0.489 e. The van der Waals surface area contributed by atoms with E-state index in [1.54, 1.807) is 48.2 Å². The van der Waals surface area contributed by atoms with E-state index in [-0.39, 0.29) is 52.0 Å². The first-order valence-corrected chi connectivity index (χ1v) is 17.2. The molecule has 8 rings (SSSR count). The van der Waals surface area contributed by atoms with Crippen LogP contribution in [0.2, 0.25) is 5.02 Å². The molecular formula is C32H23BrClN3O6S2. The Morgan fingerprint density at radius 2 is 1.71 bits per heavy atom. The molecule has 2 amide bonds. The second-order valence-electron chi connectivity index (χ2n) is 11.8. The van der Waals surface area contributed by atoms with E-state index in [9.17, 15) is 24.5 Å². The van der Waals surface area contributed by atoms with Crippen LogP contribution < -0.4 is 14.5 Å². The molecule has 9 nitrogen and oxygen atoms in total. The third kappa shape index (κ3) is 4.59. The Kier molecular flexibility index (Phi) is 6.97. The topological polar surface area (TPSA) is 123 Å². The summed E-state index contributed by atoms with van der Waals surface area (Å²) in [6.45, 7) is 0.208. The number of fused-ring (bicyclic) bond motifs is 9. The van der Waals surface area contributed by atoms with Gasteiger partial charge in [-0.05, 0) is 72.2 Å². The number of carbonyl (C=O) groups excluding carboxylic acids is 2. The number of aromatic nitrogens is 1. The Morgan fingerprint density at radius 3 is 2.42 bits per heavy atom. The number of rotatable bonds is 6. The molecule has 2 aliphatic heterocycles. The summed E-state index contributed by atoms with van der Waals surface area (Å²) in [5, 5.41) is 13.2. The summed E-state index contributed by atoms with van der Waals surface area (Å²) in [7, 11) is 0. The number of amides is 2. The Balaban J connectivity index is 1.22. The third-order valence-electron chi connectivity index (χ3n) is 9.66. The molecule has 3 heterocycles. The average molecular weight is 725 g/mol. The number of non-ortho nitro benzene ring substituents is 1. The Hall–Kier alpha value is -3.45. The van der Waals surface area contributed by atoms with Crippen LogP contribution in [0.15, 0.2) is 81.0 Å². The number of carbonyl (C=O) groups is 2. The number of hydrogen-bond donors (Lipinski definition) is 1. The highest BCUT2D eigenvalue weighted by molar-refractivity contribution is 9.10. The number of nitrogens with zero attached hydrogens (tertiary/aromatic N) is 2. The zero-order valence-corrected chi connectivity index (χ0v) is 27.2. The Bertz CT molecular complexity index is 1950. The van der Waals surface area contributed by atoms with Crippen LogP contribution in [0.3, 0.4) is 0 Å². The summed E-state index contributed by atoms with van der Waals surface area (Å²) >= 11 is 12.1. The van der Waals surface area contributed by atoms with Gasteiger partial charge in [0.2, 0.25) is 11.8 Å². The van der Waals surface area contributed by atoms with Gasteiger partial charge >= 0.3 is 4.87 Å². The largest absolute Gasteiger partial charge is 0.489 e. The van der Waals surface area contributed by atoms with Crippen molar-refractivity contribution in [2.24, 2.45) is 29.6 Å². The van der Waals surface area contributed by atoms with Gasteiger partial charge in [-0.1, -0.05) is 51.0 Å². The fourth-order valence-corrected chi connectivity index (χ4v) is 11.2. The fraction of sp³-hybridized carbons (Fsp3) is 0.281. The predicted molar refractivity (Wildman–Crippen MR) is 174 cm³/mol. The van der Waals surface area contributed by atoms with Gasteiger partial charge in [-0.25, -0.2) is 0 Å². The SMILES string of the molecule is O=C1C2C3CC(C2C(=O)N1c1ccc(Br)cc1)C1C3Sc2[nH]c(=O)sc2[C@@H]1c1cc([N+](=O)[O-])ccc1OCc1ccc(Cl)cc1. The van der Waals surface area contributed by atoms with Crippen molar-refractivity contribution in [3.63, 3.8) is 0 Å². The molecule has 3 fully saturated rings. The highest BCUT2D eigenvalue weighted by Crippen LogP contribution is 2.69. The lowest BCUT2D eigenvalue weighted by atomic mass is 9.68. The summed E-state index contributed by atoms with van der Waals surface area (Å²) in [5.41, 5.74) is 1.95. The molecule has 6 unspecified atom stereocenters. The number of anilines is 1. The lowest BCUT2D eigenvalue weighted by Crippen LogP contribution is -2.42. The van der Waals surface area contributed by atoms with Crippen molar-refractivity contribution in [3.05, 3.63) is 112 Å². The van der Waals surface area contributed by atoms with Crippen molar-refractivity contribution >= 4 is 73.8 Å². The number of hydrogen-bond acceptors (Lipinski definition) is 8. The molecule has 2 bridgehead atoms. The summed E-state index contributed by atoms with van der Waals surface area (Å²) in [6, 6.07) is 19.0. The van der Waals surface area contributed by atoms with Crippen LogP contribution >= 0.6 is 50.6 Å². The van der Waals surface area contributed by atoms with E-state index in [1.165, 1.54) is 11.0 Å². The smallest absolute Gasteiger partial charge is 0.305 e. The molecule has 13 heteroatoms. The number of H-pyrrole nitrogens is 1. The highest BCUT2D eigenvalue weighted by Gasteiger charge is 2.70. The maximum atomic E-state index is 14.0. The normalized spacial score (nSPS) is 27.8. The minimum atomic E-state index is -0.496. The quantitative estimate of drug-likeness (QED) is 0.129. The zero-order chi connectivity index (χ0) is 31.1. The second-order valence-corrected chi connectivity index (χ2v) is 15.4. The van der Waals surface area contributed by atoms with Crippen LogP contribution in [0, 0.1) is 39.7 Å². The summed E-state index contributed by atoms with van der Waals surface area (Å²) < 4.78 is 7.17. The molecule has 0 spiro atoms. The molecule has 228 valence electrons. The fourth-order valence-electron chi connectivity index (χ4n) is 7.98. The van der Waals surface area contributed by atoms with Crippen molar-refractivity contribution in [3.8, 4) is 5.75 Å². The van der Waals surface area contributed by atoms with E-state index >= 15 is 0 Å². The number of benzene rings is 3. The first kappa shape index (κ1) is 29.0. The Labute approximate surface area is 278 Å². The number of aromatic amines is 1. The van der Waals surface area contributed by atoms with Crippen LogP contribution in [0.1, 0.15) is 28.3 Å². The summed E-state index contributed by atoms with van der Waals surface area (Å²) in [5.74, 6) is -1.64. The number of nitro groups is 1. The molecule has 3 aromatic carbocycles. The van der Waals surface area contributed by atoms with E-state index in [2.05, 4.69) is 20.9 Å². The first-order chi connectivity index (χ1) is 21.7. The molecule has 1 aromatic heterocycles. The van der Waals surface area contributed by atoms with Gasteiger partial charge in [0, 0.05) is 43.2 Å². The van der Waals surface area contributed by atoms with Gasteiger partial charge in [-0.3, -0.25) is 29.4 Å². The maximum absolute atomic E-state index is 14.0. The second kappa shape index (κ2) is 10.8. The number of nitrogens with one attached hydrogen (secondary N) is 1. The summed E-state index contributed by atoms with van der Waals surface area (Å²) in [4.78, 5) is 57.1. The predicted octanol–water partition coefficient (Wildman–Crippen LogP) is 7.02. The number of halogens is 2. The minimum absolute atomic E-state index is 0.0657. The van der Waals surface area contributed by atoms with E-state index in [4.69, 9.17) is 16.3 Å². The molecule has 45 heavy (non-hydrogen) atoms. The lowest BCUT2D eigenvalue weighted by molar-refractivity contribution is -0.385. The lowest BCUT2D eigenvalue weighted by Gasteiger charge is -2.43. The van der Waals surface area contributed by atoms with E-state index < -0.39 is 22.7 Å². The van der Waals surface area contributed by atoms with Gasteiger partial charge in [-0.2, -0.15) is 0 Å². The molecule has 2 saturated carbocycles. The van der Waals surface area contributed by atoms with Crippen molar-refractivity contribution in [1.82, 2.24) is 4.98 Å². The van der Waals surface area contributed by atoms with Crippen LogP contribution in [0.25, 0.3) is 0 Å². The van der Waals surface area contributed by atoms with Gasteiger partial charge in [0.25, 0.3) is 5.69 Å². The molecule has 7 atom stereocenters. The zero-order valence-electron chi connectivity index (χ0n) is 23.2. The highest BCUT2D eigenvalue weighted by atomic mass is 79.9. The molecule has 1 N–H and O–H groups in total. The van der Waals surface area contributed by atoms with Gasteiger partial charge in [0.15, 0.2) is 0 Å². The molecular weight excluding hydrogens is 702 g/mol. The van der Waals surface area contributed by atoms with Crippen LogP contribution in [-0.2, 0) is 16.2 Å². The number of thioether (sulfide) groups is 1. The standard InChI is InChI=1S/C32H23BrClN3O6S2/c33-15-3-7-17(8-4-15)36-30(38)25-20-12-21(26(25)31(36)39)27-24(20)23(28-29(44-27)35-32(40)45-28)19-11-18(37(41)42)9-10-22(19)43-13-14-1-5-16(34)6-2-14/h1-11,20-21,23-27H,12-13H2,(H,35,40)/t20?,21?,23-,24?,25?,26?,27?/m1/s1. The summed E-state index contributed by atoms with van der Waals surface area (Å²) in [6.07, 6.45) is 0.703. The Morgan fingerprint density at radius 1 is 1.00 bits per heavy atom. The van der Waals surface area contributed by atoms with E-state index in [0.29, 0.717) is 28.4 Å². The monoisotopic (exact) mass is 723 g/mol. The number of thiazole rings is 1. The molecule has 2 aliphatic carbocycles. The van der Waals surface area contributed by atoms with Crippen molar-refractivity contribution < 1.29 is 19.2 Å². The van der Waals surface area contributed by atoms with Crippen molar-refractivity contribution in [2.75, 3.05) is 4.90 Å². The molecule has 4 aromatic rings. The van der Waals surface area contributed by atoms with Crippen LogP contribution in [-0.4, -0.2) is 27.0 Å².